The van der Waals surface area contributed by atoms with Crippen molar-refractivity contribution in [1.29, 1.82) is 0 Å². The Bertz CT molecular complexity index is 671. The van der Waals surface area contributed by atoms with Crippen molar-refractivity contribution >= 4 is 19.9 Å². The van der Waals surface area contributed by atoms with Crippen LogP contribution in [0.15, 0.2) is 35.9 Å². The van der Waals surface area contributed by atoms with Crippen molar-refractivity contribution in [3.8, 4) is 0 Å². The number of benzene rings is 1. The predicted octanol–water partition coefficient (Wildman–Crippen LogP) is 6.75. The maximum absolute atomic E-state index is 12.6. The monoisotopic (exact) mass is 402 g/mol. The minimum absolute atomic E-state index is 0.0675. The molecule has 1 aliphatic heterocycles. The van der Waals surface area contributed by atoms with Gasteiger partial charge in [0.25, 0.3) is 0 Å². The Kier molecular flexibility index (Phi) is 8.08. The normalized spacial score (nSPS) is 17.9. The van der Waals surface area contributed by atoms with Gasteiger partial charge in [-0.15, -0.1) is 0 Å². The van der Waals surface area contributed by atoms with Crippen molar-refractivity contribution < 1.29 is 14.0 Å². The van der Waals surface area contributed by atoms with Crippen LogP contribution in [0.5, 0.6) is 0 Å². The Labute approximate surface area is 172 Å². The van der Waals surface area contributed by atoms with Crippen LogP contribution < -0.4 is 0 Å². The first-order valence-corrected chi connectivity index (χ1v) is 13.7. The molecule has 1 aliphatic rings. The standard InChI is InChI=1S/C24H38O3Si/c1-7-8-10-17-21-20(16-13-18-26-28(5,6)24(2,3)4)22(23(25)27-21)19-14-11-9-12-15-19/h9,11-12,14-15,21H,7-8,10,13,16-18H2,1-6H3. The minimum Gasteiger partial charge on any atom is -0.454 e. The van der Waals surface area contributed by atoms with Crippen LogP contribution in [0.2, 0.25) is 18.1 Å². The van der Waals surface area contributed by atoms with Gasteiger partial charge in [-0.1, -0.05) is 70.9 Å². The molecule has 1 unspecified atom stereocenters. The van der Waals surface area contributed by atoms with E-state index in [1.165, 1.54) is 18.4 Å². The lowest BCUT2D eigenvalue weighted by atomic mass is 9.93. The third kappa shape index (κ3) is 5.80. The molecular formula is C24H38O3Si. The number of cyclic esters (lactones) is 1. The molecule has 0 aliphatic carbocycles. The van der Waals surface area contributed by atoms with Gasteiger partial charge in [0.05, 0.1) is 5.57 Å². The van der Waals surface area contributed by atoms with Crippen LogP contribution in [0.25, 0.3) is 5.57 Å². The van der Waals surface area contributed by atoms with Crippen molar-refractivity contribution in [2.24, 2.45) is 0 Å². The molecule has 1 aromatic rings. The molecule has 4 heteroatoms. The topological polar surface area (TPSA) is 35.5 Å². The van der Waals surface area contributed by atoms with Crippen molar-refractivity contribution in [2.75, 3.05) is 6.61 Å². The van der Waals surface area contributed by atoms with Crippen LogP contribution in [0.4, 0.5) is 0 Å². The van der Waals surface area contributed by atoms with Gasteiger partial charge in [0.2, 0.25) is 0 Å². The molecule has 156 valence electrons. The number of rotatable bonds is 10. The molecule has 0 bridgehead atoms. The lowest BCUT2D eigenvalue weighted by Crippen LogP contribution is -2.41. The summed E-state index contributed by atoms with van der Waals surface area (Å²) in [5, 5.41) is 0.219. The second-order valence-corrected chi connectivity index (χ2v) is 14.2. The highest BCUT2D eigenvalue weighted by Crippen LogP contribution is 2.38. The van der Waals surface area contributed by atoms with Crippen LogP contribution in [-0.4, -0.2) is 27.0 Å². The summed E-state index contributed by atoms with van der Waals surface area (Å²) >= 11 is 0. The molecule has 0 spiro atoms. The van der Waals surface area contributed by atoms with Crippen molar-refractivity contribution in [1.82, 2.24) is 0 Å². The molecule has 0 radical (unpaired) electrons. The molecule has 0 amide bonds. The van der Waals surface area contributed by atoms with Gasteiger partial charge in [-0.2, -0.15) is 0 Å². The van der Waals surface area contributed by atoms with Gasteiger partial charge in [0.1, 0.15) is 6.10 Å². The number of carbonyl (C=O) groups excluding carboxylic acids is 1. The Hall–Kier alpha value is -1.39. The summed E-state index contributed by atoms with van der Waals surface area (Å²) in [6.45, 7) is 14.3. The van der Waals surface area contributed by atoms with Gasteiger partial charge < -0.3 is 9.16 Å². The number of ether oxygens (including phenoxy) is 1. The van der Waals surface area contributed by atoms with Crippen molar-refractivity contribution in [3.05, 3.63) is 41.5 Å². The summed E-state index contributed by atoms with van der Waals surface area (Å²) in [6.07, 6.45) is 6.10. The van der Waals surface area contributed by atoms with E-state index in [0.717, 1.165) is 43.4 Å². The number of carbonyl (C=O) groups is 1. The van der Waals surface area contributed by atoms with Gasteiger partial charge in [0, 0.05) is 6.61 Å². The quantitative estimate of drug-likeness (QED) is 0.247. The average molecular weight is 403 g/mol. The van der Waals surface area contributed by atoms with E-state index in [1.807, 2.05) is 30.3 Å². The molecule has 1 atom stereocenters. The van der Waals surface area contributed by atoms with Crippen LogP contribution >= 0.6 is 0 Å². The van der Waals surface area contributed by atoms with E-state index >= 15 is 0 Å². The Morgan fingerprint density at radius 1 is 1.07 bits per heavy atom. The SMILES string of the molecule is CCCCCC1OC(=O)C(c2ccccc2)=C1CCCO[Si](C)(C)C(C)(C)C. The molecule has 0 saturated carbocycles. The van der Waals surface area contributed by atoms with Gasteiger partial charge in [0.15, 0.2) is 8.32 Å². The van der Waals surface area contributed by atoms with E-state index in [0.29, 0.717) is 0 Å². The summed E-state index contributed by atoms with van der Waals surface area (Å²) in [4.78, 5) is 12.6. The number of unbranched alkanes of at least 4 members (excludes halogenated alkanes) is 2. The van der Waals surface area contributed by atoms with Gasteiger partial charge in [-0.25, -0.2) is 4.79 Å². The second kappa shape index (κ2) is 9.88. The molecule has 0 N–H and O–H groups in total. The summed E-state index contributed by atoms with van der Waals surface area (Å²) in [5.74, 6) is -0.159. The van der Waals surface area contributed by atoms with E-state index in [-0.39, 0.29) is 17.1 Å². The summed E-state index contributed by atoms with van der Waals surface area (Å²) < 4.78 is 12.1. The fraction of sp³-hybridized carbons (Fsp3) is 0.625. The summed E-state index contributed by atoms with van der Waals surface area (Å²) in [6, 6.07) is 9.97. The zero-order valence-electron chi connectivity index (χ0n) is 18.6. The van der Waals surface area contributed by atoms with Crippen LogP contribution in [-0.2, 0) is 14.0 Å². The number of esters is 1. The predicted molar refractivity (Wildman–Crippen MR) is 120 cm³/mol. The van der Waals surface area contributed by atoms with E-state index < -0.39 is 8.32 Å². The Morgan fingerprint density at radius 3 is 2.36 bits per heavy atom. The first-order valence-electron chi connectivity index (χ1n) is 10.8. The van der Waals surface area contributed by atoms with E-state index in [4.69, 9.17) is 9.16 Å². The molecule has 28 heavy (non-hydrogen) atoms. The third-order valence-corrected chi connectivity index (χ3v) is 10.7. The van der Waals surface area contributed by atoms with Gasteiger partial charge >= 0.3 is 5.97 Å². The third-order valence-electron chi connectivity index (χ3n) is 6.16. The zero-order chi connectivity index (χ0) is 20.8. The molecule has 0 fully saturated rings. The fourth-order valence-corrected chi connectivity index (χ4v) is 4.45. The average Bonchev–Trinajstić information content (AvgIpc) is 2.94. The van der Waals surface area contributed by atoms with Crippen molar-refractivity contribution in [3.63, 3.8) is 0 Å². The maximum atomic E-state index is 12.6. The second-order valence-electron chi connectivity index (χ2n) is 9.37. The highest BCUT2D eigenvalue weighted by molar-refractivity contribution is 6.74. The van der Waals surface area contributed by atoms with Gasteiger partial charge in [-0.05, 0) is 55.0 Å². The van der Waals surface area contributed by atoms with Crippen molar-refractivity contribution in [2.45, 2.75) is 90.5 Å². The lowest BCUT2D eigenvalue weighted by Gasteiger charge is -2.36. The zero-order valence-corrected chi connectivity index (χ0v) is 19.6. The smallest absolute Gasteiger partial charge is 0.339 e. The van der Waals surface area contributed by atoms with E-state index in [9.17, 15) is 4.79 Å². The lowest BCUT2D eigenvalue weighted by molar-refractivity contribution is -0.138. The fourth-order valence-electron chi connectivity index (χ4n) is 3.36. The molecule has 1 heterocycles. The highest BCUT2D eigenvalue weighted by Gasteiger charge is 2.37. The number of hydrogen-bond donors (Lipinski definition) is 0. The molecule has 0 aromatic heterocycles. The first kappa shape index (κ1) is 22.9. The van der Waals surface area contributed by atoms with Crippen LogP contribution in [0.1, 0.15) is 71.8 Å². The summed E-state index contributed by atoms with van der Waals surface area (Å²) in [7, 11) is -1.73. The van der Waals surface area contributed by atoms with Crippen LogP contribution in [0, 0.1) is 0 Å². The number of hydrogen-bond acceptors (Lipinski definition) is 3. The molecule has 3 nitrogen and oxygen atoms in total. The first-order chi connectivity index (χ1) is 13.2. The van der Waals surface area contributed by atoms with Crippen LogP contribution in [0.3, 0.4) is 0 Å². The molecular weight excluding hydrogens is 364 g/mol. The summed E-state index contributed by atoms with van der Waals surface area (Å²) in [5.41, 5.74) is 2.94. The van der Waals surface area contributed by atoms with E-state index in [2.05, 4.69) is 40.8 Å². The Morgan fingerprint density at radius 2 is 1.75 bits per heavy atom. The Balaban J connectivity index is 2.11. The maximum Gasteiger partial charge on any atom is 0.339 e. The molecule has 1 aromatic carbocycles. The molecule has 2 rings (SSSR count). The molecule has 0 saturated heterocycles. The highest BCUT2D eigenvalue weighted by atomic mass is 28.4. The van der Waals surface area contributed by atoms with E-state index in [1.54, 1.807) is 0 Å². The largest absolute Gasteiger partial charge is 0.454 e. The minimum atomic E-state index is -1.73. The van der Waals surface area contributed by atoms with Gasteiger partial charge in [-0.3, -0.25) is 0 Å².